The van der Waals surface area contributed by atoms with Gasteiger partial charge in [-0.2, -0.15) is 0 Å². The number of carbonyl (C=O) groups excluding carboxylic acids is 2. The summed E-state index contributed by atoms with van der Waals surface area (Å²) in [5, 5.41) is 41.0. The lowest BCUT2D eigenvalue weighted by atomic mass is 9.79. The van der Waals surface area contributed by atoms with Crippen LogP contribution in [0.25, 0.3) is 0 Å². The molecule has 0 aliphatic carbocycles. The molecule has 0 spiro atoms. The number of cyclic esters (lactones) is 1. The van der Waals surface area contributed by atoms with E-state index in [1.807, 2.05) is 0 Å². The minimum absolute atomic E-state index is 0.0715. The SMILES string of the molecule is COc1c(O)cc2c(c1O)C(=O)O[C@@H](C)[C@@H]2c1c(O)cc(O)cc1CC(C)=O. The number of methoxy groups -OCH3 is 1. The molecule has 0 bridgehead atoms. The summed E-state index contributed by atoms with van der Waals surface area (Å²) < 4.78 is 10.3. The van der Waals surface area contributed by atoms with Crippen LogP contribution in [0.2, 0.25) is 0 Å². The van der Waals surface area contributed by atoms with E-state index in [2.05, 4.69) is 0 Å². The van der Waals surface area contributed by atoms with E-state index in [1.165, 1.54) is 26.2 Å². The fourth-order valence-corrected chi connectivity index (χ4v) is 3.71. The van der Waals surface area contributed by atoms with Crippen molar-refractivity contribution < 1.29 is 39.5 Å². The molecular formula is C20H20O8. The van der Waals surface area contributed by atoms with Gasteiger partial charge < -0.3 is 29.9 Å². The fraction of sp³-hybridized carbons (Fsp3) is 0.300. The van der Waals surface area contributed by atoms with Gasteiger partial charge in [-0.1, -0.05) is 0 Å². The zero-order valence-electron chi connectivity index (χ0n) is 15.5. The lowest BCUT2D eigenvalue weighted by Gasteiger charge is -2.33. The van der Waals surface area contributed by atoms with Crippen molar-refractivity contribution in [1.82, 2.24) is 0 Å². The summed E-state index contributed by atoms with van der Waals surface area (Å²) >= 11 is 0. The molecule has 28 heavy (non-hydrogen) atoms. The quantitative estimate of drug-likeness (QED) is 0.587. The Balaban J connectivity index is 2.32. The summed E-state index contributed by atoms with van der Waals surface area (Å²) in [5.74, 6) is -3.57. The maximum Gasteiger partial charge on any atom is 0.342 e. The number of Topliss-reactive ketones (excluding diaryl/α,β-unsaturated/α-hetero) is 1. The topological polar surface area (TPSA) is 134 Å². The lowest BCUT2D eigenvalue weighted by molar-refractivity contribution is -0.116. The van der Waals surface area contributed by atoms with Crippen LogP contribution >= 0.6 is 0 Å². The number of benzene rings is 2. The largest absolute Gasteiger partial charge is 0.508 e. The number of rotatable bonds is 4. The molecule has 1 heterocycles. The van der Waals surface area contributed by atoms with Crippen LogP contribution in [-0.4, -0.2) is 45.4 Å². The van der Waals surface area contributed by atoms with Gasteiger partial charge in [0, 0.05) is 18.1 Å². The van der Waals surface area contributed by atoms with Gasteiger partial charge in [-0.15, -0.1) is 0 Å². The number of hydrogen-bond donors (Lipinski definition) is 4. The van der Waals surface area contributed by atoms with Crippen LogP contribution in [0.15, 0.2) is 18.2 Å². The molecule has 1 aliphatic rings. The van der Waals surface area contributed by atoms with E-state index < -0.39 is 29.5 Å². The molecule has 4 N–H and O–H groups in total. The molecule has 0 radical (unpaired) electrons. The molecule has 2 atom stereocenters. The third kappa shape index (κ3) is 3.06. The number of esters is 1. The molecule has 148 valence electrons. The van der Waals surface area contributed by atoms with E-state index in [0.29, 0.717) is 5.56 Å². The number of carbonyl (C=O) groups is 2. The van der Waals surface area contributed by atoms with Gasteiger partial charge in [0.25, 0.3) is 0 Å². The summed E-state index contributed by atoms with van der Waals surface area (Å²) in [4.78, 5) is 24.1. The van der Waals surface area contributed by atoms with E-state index in [0.717, 1.165) is 6.07 Å². The number of fused-ring (bicyclic) bond motifs is 1. The van der Waals surface area contributed by atoms with Gasteiger partial charge in [-0.25, -0.2) is 4.79 Å². The summed E-state index contributed by atoms with van der Waals surface area (Å²) in [6.45, 7) is 2.96. The normalized spacial score (nSPS) is 18.3. The van der Waals surface area contributed by atoms with Gasteiger partial charge in [0.15, 0.2) is 11.5 Å². The molecule has 0 fully saturated rings. The summed E-state index contributed by atoms with van der Waals surface area (Å²) in [6, 6.07) is 3.73. The zero-order chi connectivity index (χ0) is 20.7. The highest BCUT2D eigenvalue weighted by Crippen LogP contribution is 2.50. The molecule has 8 nitrogen and oxygen atoms in total. The second kappa shape index (κ2) is 6.95. The van der Waals surface area contributed by atoms with Crippen molar-refractivity contribution >= 4 is 11.8 Å². The van der Waals surface area contributed by atoms with Crippen LogP contribution in [-0.2, 0) is 16.0 Å². The highest BCUT2D eigenvalue weighted by atomic mass is 16.5. The number of aromatic hydroxyl groups is 4. The van der Waals surface area contributed by atoms with Crippen molar-refractivity contribution in [1.29, 1.82) is 0 Å². The van der Waals surface area contributed by atoms with Crippen LogP contribution in [0.1, 0.15) is 46.8 Å². The zero-order valence-corrected chi connectivity index (χ0v) is 15.5. The Morgan fingerprint density at radius 2 is 1.82 bits per heavy atom. The van der Waals surface area contributed by atoms with E-state index in [1.54, 1.807) is 6.92 Å². The van der Waals surface area contributed by atoms with E-state index >= 15 is 0 Å². The van der Waals surface area contributed by atoms with Crippen molar-refractivity contribution in [3.63, 3.8) is 0 Å². The number of phenols is 4. The maximum absolute atomic E-state index is 12.4. The standard InChI is InChI=1S/C20H20O8/c1-8(21)4-10-5-11(22)6-13(23)16(10)15-9(2)28-20(26)17-12(15)7-14(24)19(27-3)18(17)25/h5-7,9,15,22-25H,4H2,1-3H3/t9-,15-/m0/s1. The number of ketones is 1. The molecule has 0 unspecified atom stereocenters. The number of hydrogen-bond acceptors (Lipinski definition) is 8. The fourth-order valence-electron chi connectivity index (χ4n) is 3.71. The van der Waals surface area contributed by atoms with Crippen LogP contribution in [0.3, 0.4) is 0 Å². The molecule has 0 saturated heterocycles. The van der Waals surface area contributed by atoms with Crippen LogP contribution in [0.5, 0.6) is 28.7 Å². The van der Waals surface area contributed by atoms with E-state index in [9.17, 15) is 30.0 Å². The van der Waals surface area contributed by atoms with Crippen molar-refractivity contribution in [2.75, 3.05) is 7.11 Å². The van der Waals surface area contributed by atoms with Crippen molar-refractivity contribution in [2.24, 2.45) is 0 Å². The predicted octanol–water partition coefficient (Wildman–Crippen LogP) is 2.34. The first kappa shape index (κ1) is 19.3. The van der Waals surface area contributed by atoms with Gasteiger partial charge in [-0.05, 0) is 37.1 Å². The molecule has 2 aromatic rings. The highest BCUT2D eigenvalue weighted by Gasteiger charge is 2.40. The van der Waals surface area contributed by atoms with Gasteiger partial charge in [-0.3, -0.25) is 4.79 Å². The molecule has 1 aliphatic heterocycles. The first-order chi connectivity index (χ1) is 13.1. The molecule has 8 heteroatoms. The average Bonchev–Trinajstić information content (AvgIpc) is 2.55. The molecule has 0 saturated carbocycles. The van der Waals surface area contributed by atoms with Crippen LogP contribution in [0, 0.1) is 0 Å². The average molecular weight is 388 g/mol. The Bertz CT molecular complexity index is 979. The number of phenolic OH excluding ortho intramolecular Hbond substituents is 4. The summed E-state index contributed by atoms with van der Waals surface area (Å²) in [5.41, 5.74) is 0.628. The molecular weight excluding hydrogens is 368 g/mol. The van der Waals surface area contributed by atoms with Crippen molar-refractivity contribution in [3.8, 4) is 28.7 Å². The van der Waals surface area contributed by atoms with Crippen LogP contribution in [0.4, 0.5) is 0 Å². The monoisotopic (exact) mass is 388 g/mol. The van der Waals surface area contributed by atoms with Crippen molar-refractivity contribution in [2.45, 2.75) is 32.3 Å². The molecule has 0 amide bonds. The van der Waals surface area contributed by atoms with Crippen LogP contribution < -0.4 is 4.74 Å². The third-order valence-corrected chi connectivity index (χ3v) is 4.75. The van der Waals surface area contributed by atoms with E-state index in [4.69, 9.17) is 9.47 Å². The predicted molar refractivity (Wildman–Crippen MR) is 97.2 cm³/mol. The maximum atomic E-state index is 12.4. The van der Waals surface area contributed by atoms with Gasteiger partial charge in [0.05, 0.1) is 13.0 Å². The minimum Gasteiger partial charge on any atom is -0.508 e. The lowest BCUT2D eigenvalue weighted by Crippen LogP contribution is -2.31. The molecule has 2 aromatic carbocycles. The Labute approximate surface area is 160 Å². The smallest absolute Gasteiger partial charge is 0.342 e. The van der Waals surface area contributed by atoms with Gasteiger partial charge >= 0.3 is 5.97 Å². The molecule has 3 rings (SSSR count). The number of ether oxygens (including phenoxy) is 2. The third-order valence-electron chi connectivity index (χ3n) is 4.75. The van der Waals surface area contributed by atoms with Crippen molar-refractivity contribution in [3.05, 3.63) is 40.5 Å². The first-order valence-electron chi connectivity index (χ1n) is 8.53. The second-order valence-corrected chi connectivity index (χ2v) is 6.75. The summed E-state index contributed by atoms with van der Waals surface area (Å²) in [7, 11) is 1.23. The minimum atomic E-state index is -0.805. The Hall–Kier alpha value is -3.42. The van der Waals surface area contributed by atoms with Gasteiger partial charge in [0.1, 0.15) is 28.9 Å². The summed E-state index contributed by atoms with van der Waals surface area (Å²) in [6.07, 6.45) is -0.855. The Morgan fingerprint density at radius 3 is 2.43 bits per heavy atom. The van der Waals surface area contributed by atoms with Gasteiger partial charge in [0.2, 0.25) is 5.75 Å². The van der Waals surface area contributed by atoms with E-state index in [-0.39, 0.29) is 46.1 Å². The Morgan fingerprint density at radius 1 is 1.14 bits per heavy atom. The second-order valence-electron chi connectivity index (χ2n) is 6.75. The first-order valence-corrected chi connectivity index (χ1v) is 8.53. The highest BCUT2D eigenvalue weighted by molar-refractivity contribution is 5.97. The Kier molecular flexibility index (Phi) is 4.80. The molecule has 0 aromatic heterocycles.